The Morgan fingerprint density at radius 3 is 3.22 bits per heavy atom. The van der Waals surface area contributed by atoms with Crippen LogP contribution in [-0.4, -0.2) is 10.9 Å². The molecule has 1 rings (SSSR count). The highest BCUT2D eigenvalue weighted by Crippen LogP contribution is 1.99. The Morgan fingerprint density at radius 1 is 1.78 bits per heavy atom. The van der Waals surface area contributed by atoms with Crippen LogP contribution in [0.4, 0.5) is 0 Å². The van der Waals surface area contributed by atoms with Crippen molar-refractivity contribution < 1.29 is 0 Å². The van der Waals surface area contributed by atoms with Gasteiger partial charge in [0.05, 0.1) is 5.88 Å². The maximum absolute atomic E-state index is 5.32. The van der Waals surface area contributed by atoms with Gasteiger partial charge in [0, 0.05) is 11.6 Å². The van der Waals surface area contributed by atoms with Gasteiger partial charge >= 0.3 is 0 Å². The normalized spacial score (nSPS) is 8.11. The second-order valence-corrected chi connectivity index (χ2v) is 2.43. The summed E-state index contributed by atoms with van der Waals surface area (Å²) in [4.78, 5) is 3.94. The number of rotatable bonds is 0. The van der Waals surface area contributed by atoms with E-state index < -0.39 is 0 Å². The first-order valence-electron chi connectivity index (χ1n) is 2.38. The molecule has 9 heavy (non-hydrogen) atoms. The summed E-state index contributed by atoms with van der Waals surface area (Å²) in [5.74, 6) is 5.89. The van der Waals surface area contributed by atoms with Crippen molar-refractivity contribution in [3.05, 3.63) is 16.6 Å². The molecule has 0 aliphatic carbocycles. The molecule has 0 amide bonds. The lowest BCUT2D eigenvalue weighted by atomic mass is 10.6. The Hall–Kier alpha value is -0.520. The van der Waals surface area contributed by atoms with Gasteiger partial charge in [0.15, 0.2) is 5.01 Å². The average Bonchev–Trinajstić information content (AvgIpc) is 2.34. The first-order chi connectivity index (χ1) is 4.43. The zero-order valence-electron chi connectivity index (χ0n) is 4.60. The molecule has 0 aliphatic rings. The van der Waals surface area contributed by atoms with Gasteiger partial charge < -0.3 is 0 Å². The molecular weight excluding hydrogens is 154 g/mol. The van der Waals surface area contributed by atoms with Crippen molar-refractivity contribution in [2.45, 2.75) is 0 Å². The third kappa shape index (κ3) is 2.05. The van der Waals surface area contributed by atoms with Crippen molar-refractivity contribution in [3.63, 3.8) is 0 Å². The van der Waals surface area contributed by atoms with Crippen LogP contribution in [0.2, 0.25) is 0 Å². The largest absolute Gasteiger partial charge is 0.236 e. The zero-order valence-corrected chi connectivity index (χ0v) is 6.17. The van der Waals surface area contributed by atoms with Crippen LogP contribution < -0.4 is 0 Å². The van der Waals surface area contributed by atoms with Gasteiger partial charge in [0.1, 0.15) is 0 Å². The predicted octanol–water partition coefficient (Wildman–Crippen LogP) is 1.73. The van der Waals surface area contributed by atoms with E-state index in [-0.39, 0.29) is 0 Å². The van der Waals surface area contributed by atoms with E-state index in [1.807, 2.05) is 5.38 Å². The highest BCUT2D eigenvalue weighted by molar-refractivity contribution is 7.10. The van der Waals surface area contributed by atoms with E-state index in [1.54, 1.807) is 6.20 Å². The third-order valence-electron chi connectivity index (χ3n) is 0.694. The van der Waals surface area contributed by atoms with Crippen molar-refractivity contribution in [2.24, 2.45) is 0 Å². The number of hydrogen-bond acceptors (Lipinski definition) is 2. The van der Waals surface area contributed by atoms with Crippen LogP contribution in [0.1, 0.15) is 5.01 Å². The second-order valence-electron chi connectivity index (χ2n) is 1.27. The van der Waals surface area contributed by atoms with Crippen molar-refractivity contribution in [2.75, 3.05) is 5.88 Å². The lowest BCUT2D eigenvalue weighted by Gasteiger charge is -1.70. The topological polar surface area (TPSA) is 12.9 Å². The molecular formula is C6H4ClNS. The van der Waals surface area contributed by atoms with Crippen molar-refractivity contribution in [1.29, 1.82) is 0 Å². The number of nitrogens with zero attached hydrogens (tertiary/aromatic N) is 1. The van der Waals surface area contributed by atoms with Crippen LogP contribution in [0.5, 0.6) is 0 Å². The van der Waals surface area contributed by atoms with E-state index in [9.17, 15) is 0 Å². The fourth-order valence-corrected chi connectivity index (χ4v) is 0.964. The maximum atomic E-state index is 5.32. The van der Waals surface area contributed by atoms with E-state index in [1.165, 1.54) is 11.3 Å². The minimum Gasteiger partial charge on any atom is -0.236 e. The van der Waals surface area contributed by atoms with E-state index in [2.05, 4.69) is 16.8 Å². The molecule has 0 bridgehead atoms. The van der Waals surface area contributed by atoms with Crippen LogP contribution in [0.15, 0.2) is 11.6 Å². The molecule has 1 nitrogen and oxygen atoms in total. The smallest absolute Gasteiger partial charge is 0.166 e. The Morgan fingerprint density at radius 2 is 2.67 bits per heavy atom. The van der Waals surface area contributed by atoms with Crippen LogP contribution >= 0.6 is 22.9 Å². The minimum absolute atomic E-state index is 0.375. The number of alkyl halides is 1. The standard InChI is InChI=1S/C6H4ClNS/c7-3-1-2-6-8-4-5-9-6/h4-5H,3H2. The predicted molar refractivity (Wildman–Crippen MR) is 39.7 cm³/mol. The molecule has 0 radical (unpaired) electrons. The molecule has 0 aliphatic heterocycles. The van der Waals surface area contributed by atoms with Crippen molar-refractivity contribution in [3.8, 4) is 11.8 Å². The lowest BCUT2D eigenvalue weighted by Crippen LogP contribution is -1.67. The number of aromatic nitrogens is 1. The molecule has 46 valence electrons. The molecule has 0 aromatic carbocycles. The molecule has 0 fully saturated rings. The third-order valence-corrected chi connectivity index (χ3v) is 1.52. The molecule has 0 saturated heterocycles. The average molecular weight is 158 g/mol. The van der Waals surface area contributed by atoms with Crippen LogP contribution in [0, 0.1) is 11.8 Å². The Bertz CT molecular complexity index is 219. The summed E-state index contributed by atoms with van der Waals surface area (Å²) in [5.41, 5.74) is 0. The monoisotopic (exact) mass is 157 g/mol. The molecule has 0 atom stereocenters. The van der Waals surface area contributed by atoms with Gasteiger partial charge in [-0.25, -0.2) is 4.98 Å². The summed E-state index contributed by atoms with van der Waals surface area (Å²) in [6, 6.07) is 0. The summed E-state index contributed by atoms with van der Waals surface area (Å²) in [6.07, 6.45) is 1.73. The SMILES string of the molecule is ClCC#Cc1nccs1. The molecule has 0 unspecified atom stereocenters. The molecule has 0 spiro atoms. The van der Waals surface area contributed by atoms with Gasteiger partial charge in [-0.2, -0.15) is 0 Å². The van der Waals surface area contributed by atoms with Crippen LogP contribution in [0.3, 0.4) is 0 Å². The van der Waals surface area contributed by atoms with Crippen LogP contribution in [0.25, 0.3) is 0 Å². The minimum atomic E-state index is 0.375. The van der Waals surface area contributed by atoms with E-state index in [0.29, 0.717) is 5.88 Å². The number of hydrogen-bond donors (Lipinski definition) is 0. The Labute approximate surface area is 62.7 Å². The second kappa shape index (κ2) is 3.49. The molecule has 0 N–H and O–H groups in total. The summed E-state index contributed by atoms with van der Waals surface area (Å²) >= 11 is 6.84. The van der Waals surface area contributed by atoms with Crippen molar-refractivity contribution in [1.82, 2.24) is 4.98 Å². The van der Waals surface area contributed by atoms with Gasteiger partial charge in [-0.15, -0.1) is 22.9 Å². The fourth-order valence-electron chi connectivity index (χ4n) is 0.394. The van der Waals surface area contributed by atoms with Gasteiger partial charge in [-0.05, 0) is 5.92 Å². The van der Waals surface area contributed by atoms with Crippen molar-refractivity contribution >= 4 is 22.9 Å². The quantitative estimate of drug-likeness (QED) is 0.413. The van der Waals surface area contributed by atoms with Crippen LogP contribution in [-0.2, 0) is 0 Å². The van der Waals surface area contributed by atoms with Gasteiger partial charge in [-0.3, -0.25) is 0 Å². The summed E-state index contributed by atoms with van der Waals surface area (Å²) in [6.45, 7) is 0. The Balaban J connectivity index is 2.67. The van der Waals surface area contributed by atoms with Gasteiger partial charge in [-0.1, -0.05) is 5.92 Å². The molecule has 3 heteroatoms. The molecule has 1 aromatic rings. The van der Waals surface area contributed by atoms with E-state index in [0.717, 1.165) is 5.01 Å². The maximum Gasteiger partial charge on any atom is 0.166 e. The zero-order chi connectivity index (χ0) is 6.53. The summed E-state index contributed by atoms with van der Waals surface area (Å²) in [7, 11) is 0. The molecule has 0 saturated carbocycles. The fraction of sp³-hybridized carbons (Fsp3) is 0.167. The molecule has 1 heterocycles. The van der Waals surface area contributed by atoms with E-state index >= 15 is 0 Å². The highest BCUT2D eigenvalue weighted by Gasteiger charge is 1.83. The summed E-state index contributed by atoms with van der Waals surface area (Å²) in [5, 5.41) is 2.72. The van der Waals surface area contributed by atoms with E-state index in [4.69, 9.17) is 11.6 Å². The van der Waals surface area contributed by atoms with Gasteiger partial charge in [0.2, 0.25) is 0 Å². The Kier molecular flexibility index (Phi) is 2.56. The number of thiazole rings is 1. The summed E-state index contributed by atoms with van der Waals surface area (Å²) < 4.78 is 0. The molecule has 1 aromatic heterocycles. The highest BCUT2D eigenvalue weighted by atomic mass is 35.5. The first-order valence-corrected chi connectivity index (χ1v) is 3.79. The number of halogens is 1. The lowest BCUT2D eigenvalue weighted by molar-refractivity contribution is 1.39. The first kappa shape index (κ1) is 6.60. The van der Waals surface area contributed by atoms with Gasteiger partial charge in [0.25, 0.3) is 0 Å².